The normalized spacial score (nSPS) is 13.4. The van der Waals surface area contributed by atoms with E-state index in [2.05, 4.69) is 4.37 Å². The maximum absolute atomic E-state index is 12.1. The summed E-state index contributed by atoms with van der Waals surface area (Å²) < 4.78 is 9.07. The van der Waals surface area contributed by atoms with Crippen molar-refractivity contribution in [1.82, 2.24) is 4.37 Å². The summed E-state index contributed by atoms with van der Waals surface area (Å²) in [7, 11) is 0. The van der Waals surface area contributed by atoms with E-state index >= 15 is 0 Å². The second-order valence-corrected chi connectivity index (χ2v) is 5.20. The van der Waals surface area contributed by atoms with Gasteiger partial charge in [-0.05, 0) is 31.4 Å². The lowest BCUT2D eigenvalue weighted by molar-refractivity contribution is -0.384. The number of nitro groups is 1. The molecule has 1 aromatic heterocycles. The molecule has 108 valence electrons. The van der Waals surface area contributed by atoms with Gasteiger partial charge in [0.15, 0.2) is 5.41 Å². The highest BCUT2D eigenvalue weighted by Crippen LogP contribution is 2.36. The first-order valence-electron chi connectivity index (χ1n) is 6.06. The van der Waals surface area contributed by atoms with Crippen molar-refractivity contribution in [3.63, 3.8) is 0 Å². The number of hydrogen-bond donors (Lipinski definition) is 0. The van der Waals surface area contributed by atoms with Crippen LogP contribution in [-0.2, 0) is 14.9 Å². The van der Waals surface area contributed by atoms with Crippen molar-refractivity contribution in [2.75, 3.05) is 6.61 Å². The van der Waals surface area contributed by atoms with E-state index in [1.54, 1.807) is 6.92 Å². The Morgan fingerprint density at radius 2 is 2.33 bits per heavy atom. The monoisotopic (exact) mass is 305 g/mol. The zero-order chi connectivity index (χ0) is 15.6. The predicted molar refractivity (Wildman–Crippen MR) is 75.9 cm³/mol. The molecule has 0 aliphatic heterocycles. The van der Waals surface area contributed by atoms with Gasteiger partial charge in [0.2, 0.25) is 0 Å². The van der Waals surface area contributed by atoms with Crippen LogP contribution in [0.1, 0.15) is 18.7 Å². The molecule has 2 aromatic rings. The van der Waals surface area contributed by atoms with Gasteiger partial charge in [-0.3, -0.25) is 10.1 Å². The largest absolute Gasteiger partial charge is 0.465 e. The van der Waals surface area contributed by atoms with Crippen LogP contribution in [0.25, 0.3) is 10.9 Å². The SMILES string of the molecule is CCOC(=O)C(C)(C#N)c1snc2ccc([N+](=O)[O-])cc12. The number of carbonyl (C=O) groups excluding carboxylic acids is 1. The molecule has 1 unspecified atom stereocenters. The van der Waals surface area contributed by atoms with Gasteiger partial charge in [0.25, 0.3) is 5.69 Å². The van der Waals surface area contributed by atoms with Crippen molar-refractivity contribution >= 4 is 34.1 Å². The Labute approximate surface area is 124 Å². The number of fused-ring (bicyclic) bond motifs is 1. The fourth-order valence-corrected chi connectivity index (χ4v) is 2.79. The molecule has 0 N–H and O–H groups in total. The summed E-state index contributed by atoms with van der Waals surface area (Å²) >= 11 is 0.973. The summed E-state index contributed by atoms with van der Waals surface area (Å²) in [5.74, 6) is -0.690. The van der Waals surface area contributed by atoms with Gasteiger partial charge in [-0.1, -0.05) is 0 Å². The van der Waals surface area contributed by atoms with Gasteiger partial charge in [-0.25, -0.2) is 4.79 Å². The molecule has 0 radical (unpaired) electrons. The van der Waals surface area contributed by atoms with E-state index in [9.17, 15) is 20.2 Å². The van der Waals surface area contributed by atoms with Crippen LogP contribution in [0.5, 0.6) is 0 Å². The van der Waals surface area contributed by atoms with Crippen LogP contribution >= 0.6 is 11.5 Å². The third-order valence-corrected chi connectivity index (χ3v) is 4.13. The molecule has 0 saturated carbocycles. The number of non-ortho nitro benzene ring substituents is 1. The van der Waals surface area contributed by atoms with E-state index < -0.39 is 16.3 Å². The van der Waals surface area contributed by atoms with Gasteiger partial charge >= 0.3 is 5.97 Å². The van der Waals surface area contributed by atoms with E-state index in [4.69, 9.17) is 4.74 Å². The Morgan fingerprint density at radius 3 is 2.90 bits per heavy atom. The lowest BCUT2D eigenvalue weighted by atomic mass is 9.88. The number of esters is 1. The topological polar surface area (TPSA) is 106 Å². The first-order valence-corrected chi connectivity index (χ1v) is 6.84. The summed E-state index contributed by atoms with van der Waals surface area (Å²) in [6, 6.07) is 6.08. The van der Waals surface area contributed by atoms with Gasteiger partial charge in [0, 0.05) is 17.5 Å². The molecule has 7 nitrogen and oxygen atoms in total. The number of nitro benzene ring substituents is 1. The number of hydrogen-bond acceptors (Lipinski definition) is 7. The summed E-state index contributed by atoms with van der Waals surface area (Å²) in [5.41, 5.74) is -1.15. The molecule has 2 rings (SSSR count). The molecule has 0 aliphatic rings. The smallest absolute Gasteiger partial charge is 0.331 e. The highest BCUT2D eigenvalue weighted by molar-refractivity contribution is 7.07. The van der Waals surface area contributed by atoms with Gasteiger partial charge in [-0.2, -0.15) is 9.64 Å². The molecule has 1 atom stereocenters. The number of benzene rings is 1. The molecule has 1 heterocycles. The molecule has 0 saturated heterocycles. The van der Waals surface area contributed by atoms with Crippen molar-refractivity contribution < 1.29 is 14.5 Å². The highest BCUT2D eigenvalue weighted by Gasteiger charge is 2.40. The number of rotatable bonds is 4. The molecule has 0 spiro atoms. The average Bonchev–Trinajstić information content (AvgIpc) is 2.89. The van der Waals surface area contributed by atoms with E-state index in [0.717, 1.165) is 11.5 Å². The van der Waals surface area contributed by atoms with Crippen LogP contribution in [0.15, 0.2) is 18.2 Å². The Morgan fingerprint density at radius 1 is 1.62 bits per heavy atom. The first-order chi connectivity index (χ1) is 9.93. The van der Waals surface area contributed by atoms with Gasteiger partial charge in [0.05, 0.1) is 28.0 Å². The first kappa shape index (κ1) is 14.9. The molecule has 0 fully saturated rings. The number of ether oxygens (including phenoxy) is 1. The summed E-state index contributed by atoms with van der Waals surface area (Å²) in [4.78, 5) is 22.7. The average molecular weight is 305 g/mol. The third kappa shape index (κ3) is 2.43. The van der Waals surface area contributed by atoms with Gasteiger partial charge in [0.1, 0.15) is 0 Å². The van der Waals surface area contributed by atoms with Crippen LogP contribution in [0.2, 0.25) is 0 Å². The van der Waals surface area contributed by atoms with Crippen molar-refractivity contribution in [1.29, 1.82) is 5.26 Å². The highest BCUT2D eigenvalue weighted by atomic mass is 32.1. The van der Waals surface area contributed by atoms with Crippen molar-refractivity contribution in [3.8, 4) is 6.07 Å². The van der Waals surface area contributed by atoms with Gasteiger partial charge < -0.3 is 4.74 Å². The van der Waals surface area contributed by atoms with E-state index in [0.29, 0.717) is 15.8 Å². The molecule has 0 aliphatic carbocycles. The zero-order valence-electron chi connectivity index (χ0n) is 11.3. The Bertz CT molecular complexity index is 764. The Balaban J connectivity index is 2.64. The maximum atomic E-state index is 12.1. The molecular weight excluding hydrogens is 294 g/mol. The fraction of sp³-hybridized carbons (Fsp3) is 0.308. The van der Waals surface area contributed by atoms with Crippen molar-refractivity contribution in [2.45, 2.75) is 19.3 Å². The lowest BCUT2D eigenvalue weighted by Gasteiger charge is -2.17. The van der Waals surface area contributed by atoms with E-state index in [1.165, 1.54) is 25.1 Å². The number of nitriles is 1. The minimum Gasteiger partial charge on any atom is -0.465 e. The molecule has 21 heavy (non-hydrogen) atoms. The predicted octanol–water partition coefficient (Wildman–Crippen LogP) is 2.55. The van der Waals surface area contributed by atoms with Crippen LogP contribution in [0.3, 0.4) is 0 Å². The van der Waals surface area contributed by atoms with Crippen molar-refractivity contribution in [2.24, 2.45) is 0 Å². The van der Waals surface area contributed by atoms with Gasteiger partial charge in [-0.15, -0.1) is 0 Å². The quantitative estimate of drug-likeness (QED) is 0.488. The van der Waals surface area contributed by atoms with E-state index in [1.807, 2.05) is 6.07 Å². The number of aromatic nitrogens is 1. The second kappa shape index (κ2) is 5.46. The van der Waals surface area contributed by atoms with Crippen LogP contribution in [0.4, 0.5) is 5.69 Å². The fourth-order valence-electron chi connectivity index (χ4n) is 1.87. The van der Waals surface area contributed by atoms with E-state index in [-0.39, 0.29) is 12.3 Å². The standard InChI is InChI=1S/C13H11N3O4S/c1-3-20-12(17)13(2,7-14)11-9-6-8(16(18)19)4-5-10(9)15-21-11/h4-6H,3H2,1-2H3. The van der Waals surface area contributed by atoms with Crippen LogP contribution in [-0.4, -0.2) is 21.9 Å². The lowest BCUT2D eigenvalue weighted by Crippen LogP contribution is -2.32. The number of carbonyl (C=O) groups is 1. The molecule has 0 bridgehead atoms. The number of nitrogens with zero attached hydrogens (tertiary/aromatic N) is 3. The van der Waals surface area contributed by atoms with Crippen LogP contribution < -0.4 is 0 Å². The summed E-state index contributed by atoms with van der Waals surface area (Å²) in [6.07, 6.45) is 0. The molecular formula is C13H11N3O4S. The minimum atomic E-state index is -1.54. The third-order valence-electron chi connectivity index (χ3n) is 3.03. The molecule has 0 amide bonds. The van der Waals surface area contributed by atoms with Crippen molar-refractivity contribution in [3.05, 3.63) is 33.2 Å². The summed E-state index contributed by atoms with van der Waals surface area (Å²) in [6.45, 7) is 3.22. The Kier molecular flexibility index (Phi) is 3.86. The Hall–Kier alpha value is -2.53. The van der Waals surface area contributed by atoms with Crippen LogP contribution in [0, 0.1) is 21.4 Å². The summed E-state index contributed by atoms with van der Waals surface area (Å²) in [5, 5.41) is 20.7. The molecule has 1 aromatic carbocycles. The second-order valence-electron chi connectivity index (χ2n) is 4.43. The molecule has 8 heteroatoms. The minimum absolute atomic E-state index is 0.118. The zero-order valence-corrected chi connectivity index (χ0v) is 12.1. The maximum Gasteiger partial charge on any atom is 0.331 e.